The Balaban J connectivity index is 1.99. The maximum Gasteiger partial charge on any atom is 0.225 e. The average molecular weight is 407 g/mol. The highest BCUT2D eigenvalue weighted by atomic mass is 35.5. The van der Waals surface area contributed by atoms with E-state index in [4.69, 9.17) is 23.2 Å². The van der Waals surface area contributed by atoms with Crippen molar-refractivity contribution in [1.29, 1.82) is 0 Å². The van der Waals surface area contributed by atoms with Crippen LogP contribution in [0.4, 0.5) is 0 Å². The average Bonchev–Trinajstić information content (AvgIpc) is 2.59. The molecule has 1 heterocycles. The number of halogens is 2. The highest BCUT2D eigenvalue weighted by Crippen LogP contribution is 2.26. The van der Waals surface area contributed by atoms with Crippen molar-refractivity contribution in [3.63, 3.8) is 0 Å². The van der Waals surface area contributed by atoms with E-state index >= 15 is 0 Å². The second-order valence-corrected chi connectivity index (χ2v) is 8.97. The molecule has 1 aromatic carbocycles. The van der Waals surface area contributed by atoms with E-state index in [0.717, 1.165) is 0 Å². The van der Waals surface area contributed by atoms with Gasteiger partial charge in [-0.25, -0.2) is 12.7 Å². The molecule has 0 saturated carbocycles. The molecular formula is C17H24Cl2N2O3S. The van der Waals surface area contributed by atoms with Gasteiger partial charge in [-0.3, -0.25) is 4.79 Å². The zero-order chi connectivity index (χ0) is 18.6. The number of sulfonamides is 1. The number of carbonyl (C=O) groups is 1. The third-order valence-electron chi connectivity index (χ3n) is 4.60. The van der Waals surface area contributed by atoms with Crippen molar-refractivity contribution in [3.05, 3.63) is 33.8 Å². The first-order chi connectivity index (χ1) is 11.8. The van der Waals surface area contributed by atoms with Crippen LogP contribution in [0.15, 0.2) is 18.2 Å². The number of piperidine rings is 1. The highest BCUT2D eigenvalue weighted by molar-refractivity contribution is 7.88. The van der Waals surface area contributed by atoms with Gasteiger partial charge in [0.2, 0.25) is 15.9 Å². The van der Waals surface area contributed by atoms with Gasteiger partial charge in [0.05, 0.1) is 15.8 Å². The second kappa shape index (κ2) is 8.71. The predicted octanol–water partition coefficient (Wildman–Crippen LogP) is 3.40. The number of benzene rings is 1. The normalized spacial score (nSPS) is 16.8. The molecule has 5 nitrogen and oxygen atoms in total. The van der Waals surface area contributed by atoms with Gasteiger partial charge in [0.1, 0.15) is 0 Å². The Morgan fingerprint density at radius 3 is 2.28 bits per heavy atom. The second-order valence-electron chi connectivity index (χ2n) is 6.19. The first kappa shape index (κ1) is 20.5. The van der Waals surface area contributed by atoms with Crippen molar-refractivity contribution in [2.75, 3.05) is 26.2 Å². The molecule has 1 fully saturated rings. The first-order valence-corrected chi connectivity index (χ1v) is 10.9. The van der Waals surface area contributed by atoms with Gasteiger partial charge in [-0.1, -0.05) is 29.3 Å². The Kier molecular flexibility index (Phi) is 7.14. The molecule has 25 heavy (non-hydrogen) atoms. The number of rotatable bonds is 6. The summed E-state index contributed by atoms with van der Waals surface area (Å²) >= 11 is 11.8. The molecule has 8 heteroatoms. The molecule has 1 aliphatic rings. The summed E-state index contributed by atoms with van der Waals surface area (Å²) in [6, 6.07) is 4.85. The van der Waals surface area contributed by atoms with Gasteiger partial charge in [0.25, 0.3) is 0 Å². The molecule has 1 aromatic rings. The van der Waals surface area contributed by atoms with E-state index < -0.39 is 10.0 Å². The minimum absolute atomic E-state index is 0.0867. The minimum atomic E-state index is -3.44. The monoisotopic (exact) mass is 406 g/mol. The van der Waals surface area contributed by atoms with Crippen LogP contribution in [0.1, 0.15) is 32.3 Å². The van der Waals surface area contributed by atoms with Crippen LogP contribution in [-0.4, -0.2) is 49.7 Å². The van der Waals surface area contributed by atoms with Gasteiger partial charge in [0, 0.05) is 32.1 Å². The fourth-order valence-corrected chi connectivity index (χ4v) is 4.98. The van der Waals surface area contributed by atoms with Crippen LogP contribution >= 0.6 is 23.2 Å². The van der Waals surface area contributed by atoms with Crippen molar-refractivity contribution in [3.8, 4) is 0 Å². The Hall–Kier alpha value is -0.820. The number of hydrogen-bond acceptors (Lipinski definition) is 3. The summed E-state index contributed by atoms with van der Waals surface area (Å²) in [4.78, 5) is 14.2. The molecule has 0 unspecified atom stereocenters. The van der Waals surface area contributed by atoms with Gasteiger partial charge in [-0.2, -0.15) is 0 Å². The lowest BCUT2D eigenvalue weighted by atomic mass is 9.96. The molecular weight excluding hydrogens is 383 g/mol. The summed E-state index contributed by atoms with van der Waals surface area (Å²) in [5, 5.41) is 0.747. The van der Waals surface area contributed by atoms with E-state index in [2.05, 4.69) is 0 Å². The fourth-order valence-electron chi connectivity index (χ4n) is 3.11. The fraction of sp³-hybridized carbons (Fsp3) is 0.588. The molecule has 0 aliphatic carbocycles. The van der Waals surface area contributed by atoms with Crippen molar-refractivity contribution < 1.29 is 13.2 Å². The number of carbonyl (C=O) groups excluding carboxylic acids is 1. The summed E-state index contributed by atoms with van der Waals surface area (Å²) in [6.07, 6.45) is 1.13. The topological polar surface area (TPSA) is 57.7 Å². The van der Waals surface area contributed by atoms with Gasteiger partial charge in [-0.15, -0.1) is 0 Å². The molecule has 2 rings (SSSR count). The molecule has 0 spiro atoms. The molecule has 1 amide bonds. The lowest BCUT2D eigenvalue weighted by molar-refractivity contribution is -0.136. The van der Waals surface area contributed by atoms with Crippen LogP contribution in [0.3, 0.4) is 0 Å². The zero-order valence-electron chi connectivity index (χ0n) is 14.5. The van der Waals surface area contributed by atoms with Crippen LogP contribution in [0.5, 0.6) is 0 Å². The quantitative estimate of drug-likeness (QED) is 0.726. The van der Waals surface area contributed by atoms with E-state index in [1.54, 1.807) is 18.2 Å². The number of hydrogen-bond donors (Lipinski definition) is 0. The van der Waals surface area contributed by atoms with Crippen LogP contribution in [0, 0.1) is 5.92 Å². The van der Waals surface area contributed by atoms with Crippen molar-refractivity contribution in [2.24, 2.45) is 5.92 Å². The van der Waals surface area contributed by atoms with Crippen LogP contribution in [0.2, 0.25) is 10.0 Å². The SMILES string of the molecule is CCN(CC)C(=O)C1CCN(S(=O)(=O)Cc2ccc(Cl)c(Cl)c2)CC1. The molecule has 140 valence electrons. The van der Waals surface area contributed by atoms with Crippen molar-refractivity contribution in [2.45, 2.75) is 32.4 Å². The molecule has 1 saturated heterocycles. The van der Waals surface area contributed by atoms with E-state index in [9.17, 15) is 13.2 Å². The minimum Gasteiger partial charge on any atom is -0.343 e. The standard InChI is InChI=1S/C17H24Cl2N2O3S/c1-3-20(4-2)17(22)14-7-9-21(10-8-14)25(23,24)12-13-5-6-15(18)16(19)11-13/h5-6,11,14H,3-4,7-10,12H2,1-2H3. The Morgan fingerprint density at radius 1 is 1.16 bits per heavy atom. The smallest absolute Gasteiger partial charge is 0.225 e. The van der Waals surface area contributed by atoms with Gasteiger partial charge in [0.15, 0.2) is 0 Å². The number of nitrogens with zero attached hydrogens (tertiary/aromatic N) is 2. The van der Waals surface area contributed by atoms with Crippen molar-refractivity contribution in [1.82, 2.24) is 9.21 Å². The van der Waals surface area contributed by atoms with Gasteiger partial charge < -0.3 is 4.90 Å². The Bertz CT molecular complexity index is 713. The predicted molar refractivity (Wildman–Crippen MR) is 101 cm³/mol. The summed E-state index contributed by atoms with van der Waals surface area (Å²) in [7, 11) is -3.44. The summed E-state index contributed by atoms with van der Waals surface area (Å²) in [5.41, 5.74) is 0.607. The summed E-state index contributed by atoms with van der Waals surface area (Å²) in [5.74, 6) is -0.0682. The van der Waals surface area contributed by atoms with E-state index in [1.165, 1.54) is 4.31 Å². The van der Waals surface area contributed by atoms with Crippen LogP contribution in [-0.2, 0) is 20.6 Å². The summed E-state index contributed by atoms with van der Waals surface area (Å²) < 4.78 is 26.7. The largest absolute Gasteiger partial charge is 0.343 e. The highest BCUT2D eigenvalue weighted by Gasteiger charge is 2.32. The molecule has 0 bridgehead atoms. The molecule has 0 atom stereocenters. The van der Waals surface area contributed by atoms with Crippen LogP contribution < -0.4 is 0 Å². The third kappa shape index (κ3) is 5.09. The third-order valence-corrected chi connectivity index (χ3v) is 7.19. The number of amides is 1. The Labute approximate surface area is 159 Å². The molecule has 0 aromatic heterocycles. The van der Waals surface area contributed by atoms with Crippen molar-refractivity contribution >= 4 is 39.1 Å². The molecule has 1 aliphatic heterocycles. The van der Waals surface area contributed by atoms with E-state index in [0.29, 0.717) is 54.6 Å². The van der Waals surface area contributed by atoms with Crippen LogP contribution in [0.25, 0.3) is 0 Å². The van der Waals surface area contributed by atoms with E-state index in [-0.39, 0.29) is 17.6 Å². The maximum absolute atomic E-state index is 12.6. The lowest BCUT2D eigenvalue weighted by Crippen LogP contribution is -2.44. The summed E-state index contributed by atoms with van der Waals surface area (Å²) in [6.45, 7) is 6.04. The zero-order valence-corrected chi connectivity index (χ0v) is 16.9. The van der Waals surface area contributed by atoms with Gasteiger partial charge >= 0.3 is 0 Å². The molecule has 0 N–H and O–H groups in total. The lowest BCUT2D eigenvalue weighted by Gasteiger charge is -2.33. The molecule has 0 radical (unpaired) electrons. The van der Waals surface area contributed by atoms with E-state index in [1.807, 2.05) is 18.7 Å². The maximum atomic E-state index is 12.6. The Morgan fingerprint density at radius 2 is 1.76 bits per heavy atom. The van der Waals surface area contributed by atoms with Gasteiger partial charge in [-0.05, 0) is 44.4 Å². The first-order valence-electron chi connectivity index (χ1n) is 8.49.